The Bertz CT molecular complexity index is 703. The van der Waals surface area contributed by atoms with Gasteiger partial charge in [0.2, 0.25) is 0 Å². The molecule has 1 atom stereocenters. The number of benzene rings is 1. The molecule has 1 aliphatic carbocycles. The van der Waals surface area contributed by atoms with Crippen molar-refractivity contribution in [2.24, 2.45) is 11.1 Å². The van der Waals surface area contributed by atoms with E-state index in [-0.39, 0.29) is 17.3 Å². The van der Waals surface area contributed by atoms with Crippen LogP contribution in [0.5, 0.6) is 0 Å². The van der Waals surface area contributed by atoms with Crippen molar-refractivity contribution in [3.63, 3.8) is 0 Å². The second-order valence-corrected chi connectivity index (χ2v) is 7.18. The van der Waals surface area contributed by atoms with E-state index in [1.807, 2.05) is 6.92 Å². The number of aryl methyl sites for hydroxylation is 1. The summed E-state index contributed by atoms with van der Waals surface area (Å²) in [6.45, 7) is 6.45. The number of aromatic nitrogens is 1. The molecule has 2 N–H and O–H groups in total. The second-order valence-electron chi connectivity index (χ2n) is 6.77. The molecule has 3 rings (SSSR count). The lowest BCUT2D eigenvalue weighted by Gasteiger charge is -2.34. The van der Waals surface area contributed by atoms with Gasteiger partial charge < -0.3 is 10.3 Å². The molecule has 0 saturated carbocycles. The van der Waals surface area contributed by atoms with Gasteiger partial charge in [0.1, 0.15) is 5.82 Å². The summed E-state index contributed by atoms with van der Waals surface area (Å²) in [6.07, 6.45) is 1.87. The van der Waals surface area contributed by atoms with Crippen LogP contribution in [0.3, 0.4) is 0 Å². The van der Waals surface area contributed by atoms with Gasteiger partial charge in [-0.05, 0) is 55.0 Å². The van der Waals surface area contributed by atoms with E-state index in [0.29, 0.717) is 10.7 Å². The number of fused-ring (bicyclic) bond motifs is 1. The van der Waals surface area contributed by atoms with Gasteiger partial charge in [-0.1, -0.05) is 25.4 Å². The number of halogens is 2. The second kappa shape index (κ2) is 4.85. The molecule has 2 nitrogen and oxygen atoms in total. The van der Waals surface area contributed by atoms with E-state index < -0.39 is 0 Å². The molecule has 0 fully saturated rings. The van der Waals surface area contributed by atoms with Crippen LogP contribution in [0, 0.1) is 18.2 Å². The summed E-state index contributed by atoms with van der Waals surface area (Å²) in [5, 5.41) is 0.551. The van der Waals surface area contributed by atoms with Crippen molar-refractivity contribution in [3.05, 3.63) is 52.1 Å². The summed E-state index contributed by atoms with van der Waals surface area (Å²) < 4.78 is 15.7. The van der Waals surface area contributed by atoms with Crippen LogP contribution in [-0.2, 0) is 6.42 Å². The van der Waals surface area contributed by atoms with E-state index in [1.54, 1.807) is 6.07 Å². The average Bonchev–Trinajstić information content (AvgIpc) is 2.68. The summed E-state index contributed by atoms with van der Waals surface area (Å²) in [5.41, 5.74) is 10.5. The van der Waals surface area contributed by atoms with Crippen molar-refractivity contribution in [2.45, 2.75) is 39.7 Å². The van der Waals surface area contributed by atoms with Gasteiger partial charge in [0.05, 0.1) is 10.7 Å². The normalized spacial score (nSPS) is 20.4. The van der Waals surface area contributed by atoms with E-state index in [2.05, 4.69) is 24.5 Å². The zero-order chi connectivity index (χ0) is 15.4. The number of nitrogens with zero attached hydrogens (tertiary/aromatic N) is 1. The van der Waals surface area contributed by atoms with Gasteiger partial charge in [0.15, 0.2) is 0 Å². The van der Waals surface area contributed by atoms with Crippen molar-refractivity contribution >= 4 is 11.6 Å². The molecule has 1 aromatic carbocycles. The van der Waals surface area contributed by atoms with E-state index in [9.17, 15) is 4.39 Å². The zero-order valence-corrected chi connectivity index (χ0v) is 13.3. The van der Waals surface area contributed by atoms with Crippen LogP contribution in [0.1, 0.15) is 43.3 Å². The molecule has 0 spiro atoms. The number of hydrogen-bond acceptors (Lipinski definition) is 1. The Labute approximate surface area is 129 Å². The lowest BCUT2D eigenvalue weighted by atomic mass is 9.74. The van der Waals surface area contributed by atoms with Gasteiger partial charge in [-0.3, -0.25) is 0 Å². The first-order valence-corrected chi connectivity index (χ1v) is 7.58. The standard InChI is InChI=1S/C17H20ClFN2/c1-10-6-12-14(20)8-17(2,3)9-16(12)21(10)15-7-11(19)4-5-13(15)18/h4-7,14H,8-9,20H2,1-3H3. The predicted molar refractivity (Wildman–Crippen MR) is 84.5 cm³/mol. The van der Waals surface area contributed by atoms with Crippen LogP contribution in [0.4, 0.5) is 4.39 Å². The molecule has 0 aliphatic heterocycles. The van der Waals surface area contributed by atoms with E-state index in [1.165, 1.54) is 12.1 Å². The van der Waals surface area contributed by atoms with Gasteiger partial charge in [0, 0.05) is 17.4 Å². The van der Waals surface area contributed by atoms with Crippen molar-refractivity contribution in [1.29, 1.82) is 0 Å². The largest absolute Gasteiger partial charge is 0.324 e. The summed E-state index contributed by atoms with van der Waals surface area (Å²) in [7, 11) is 0. The van der Waals surface area contributed by atoms with Gasteiger partial charge in [-0.25, -0.2) is 4.39 Å². The van der Waals surface area contributed by atoms with Crippen molar-refractivity contribution < 1.29 is 4.39 Å². The average molecular weight is 307 g/mol. The lowest BCUT2D eigenvalue weighted by molar-refractivity contribution is 0.278. The minimum absolute atomic E-state index is 0.0241. The Kier molecular flexibility index (Phi) is 3.38. The Morgan fingerprint density at radius 3 is 2.76 bits per heavy atom. The SMILES string of the molecule is Cc1cc2c(n1-c1cc(F)ccc1Cl)CC(C)(C)CC2N. The molecule has 0 radical (unpaired) electrons. The minimum Gasteiger partial charge on any atom is -0.324 e. The molecule has 2 aromatic rings. The number of nitrogens with two attached hydrogens (primary N) is 1. The quantitative estimate of drug-likeness (QED) is 0.823. The fourth-order valence-corrected chi connectivity index (χ4v) is 3.64. The van der Waals surface area contributed by atoms with Gasteiger partial charge in [-0.15, -0.1) is 0 Å². The Balaban J connectivity index is 2.23. The number of hydrogen-bond donors (Lipinski definition) is 1. The Morgan fingerprint density at radius 1 is 1.33 bits per heavy atom. The molecule has 0 amide bonds. The third kappa shape index (κ3) is 2.49. The summed E-state index contributed by atoms with van der Waals surface area (Å²) >= 11 is 6.29. The molecular formula is C17H20ClFN2. The first-order chi connectivity index (χ1) is 9.78. The van der Waals surface area contributed by atoms with Crippen LogP contribution in [0.25, 0.3) is 5.69 Å². The molecule has 112 valence electrons. The minimum atomic E-state index is -0.282. The van der Waals surface area contributed by atoms with E-state index in [4.69, 9.17) is 17.3 Å². The topological polar surface area (TPSA) is 30.9 Å². The summed E-state index contributed by atoms with van der Waals surface area (Å²) in [6, 6.07) is 6.61. The fraction of sp³-hybridized carbons (Fsp3) is 0.412. The van der Waals surface area contributed by atoms with E-state index in [0.717, 1.165) is 29.8 Å². The highest BCUT2D eigenvalue weighted by Crippen LogP contribution is 2.42. The first kappa shape index (κ1) is 14.6. The van der Waals surface area contributed by atoms with Crippen LogP contribution in [0.15, 0.2) is 24.3 Å². The maximum Gasteiger partial charge on any atom is 0.125 e. The van der Waals surface area contributed by atoms with Crippen molar-refractivity contribution in [1.82, 2.24) is 4.57 Å². The number of rotatable bonds is 1. The smallest absolute Gasteiger partial charge is 0.125 e. The highest BCUT2D eigenvalue weighted by atomic mass is 35.5. The van der Waals surface area contributed by atoms with Crippen molar-refractivity contribution in [3.8, 4) is 5.69 Å². The molecule has 0 bridgehead atoms. The molecule has 1 aliphatic rings. The van der Waals surface area contributed by atoms with Crippen LogP contribution >= 0.6 is 11.6 Å². The lowest BCUT2D eigenvalue weighted by Crippen LogP contribution is -2.30. The Morgan fingerprint density at radius 2 is 2.05 bits per heavy atom. The monoisotopic (exact) mass is 306 g/mol. The maximum absolute atomic E-state index is 13.6. The van der Waals surface area contributed by atoms with Gasteiger partial charge in [-0.2, -0.15) is 0 Å². The third-order valence-electron chi connectivity index (χ3n) is 4.29. The van der Waals surface area contributed by atoms with E-state index >= 15 is 0 Å². The summed E-state index contributed by atoms with van der Waals surface area (Å²) in [4.78, 5) is 0. The molecular weight excluding hydrogens is 287 g/mol. The Hall–Kier alpha value is -1.32. The maximum atomic E-state index is 13.6. The zero-order valence-electron chi connectivity index (χ0n) is 12.6. The molecule has 1 unspecified atom stereocenters. The first-order valence-electron chi connectivity index (χ1n) is 7.21. The van der Waals surface area contributed by atoms with Gasteiger partial charge >= 0.3 is 0 Å². The highest BCUT2D eigenvalue weighted by molar-refractivity contribution is 6.32. The fourth-order valence-electron chi connectivity index (χ4n) is 3.44. The van der Waals surface area contributed by atoms with Gasteiger partial charge in [0.25, 0.3) is 0 Å². The molecule has 0 saturated heterocycles. The van der Waals surface area contributed by atoms with Crippen LogP contribution in [-0.4, -0.2) is 4.57 Å². The molecule has 21 heavy (non-hydrogen) atoms. The highest BCUT2D eigenvalue weighted by Gasteiger charge is 2.33. The molecule has 1 heterocycles. The summed E-state index contributed by atoms with van der Waals surface area (Å²) in [5.74, 6) is -0.282. The van der Waals surface area contributed by atoms with Crippen LogP contribution in [0.2, 0.25) is 5.02 Å². The predicted octanol–water partition coefficient (Wildman–Crippen LogP) is 4.55. The molecule has 1 aromatic heterocycles. The molecule has 4 heteroatoms. The van der Waals surface area contributed by atoms with Crippen LogP contribution < -0.4 is 5.73 Å². The third-order valence-corrected chi connectivity index (χ3v) is 4.61. The van der Waals surface area contributed by atoms with Crippen molar-refractivity contribution in [2.75, 3.05) is 0 Å².